The zero-order valence-electron chi connectivity index (χ0n) is 13.5. The van der Waals surface area contributed by atoms with Crippen molar-refractivity contribution in [3.05, 3.63) is 41.9 Å². The molecule has 1 aliphatic heterocycles. The molecule has 1 N–H and O–H groups in total. The lowest BCUT2D eigenvalue weighted by atomic mass is 10.0. The van der Waals surface area contributed by atoms with E-state index >= 15 is 0 Å². The molecule has 0 bridgehead atoms. The second-order valence-corrected chi connectivity index (χ2v) is 6.14. The van der Waals surface area contributed by atoms with Crippen molar-refractivity contribution in [2.24, 2.45) is 5.92 Å². The lowest BCUT2D eigenvalue weighted by Gasteiger charge is -2.13. The lowest BCUT2D eigenvalue weighted by molar-refractivity contribution is 0.0943. The SMILES string of the molecule is CC(C)c1c(C(=O)NCC2CCOC2)cnn1-c1ccccn1. The van der Waals surface area contributed by atoms with Gasteiger partial charge in [-0.15, -0.1) is 0 Å². The van der Waals surface area contributed by atoms with Gasteiger partial charge in [0.25, 0.3) is 5.91 Å². The van der Waals surface area contributed by atoms with E-state index in [1.807, 2.05) is 18.2 Å². The Balaban J connectivity index is 1.81. The van der Waals surface area contributed by atoms with Crippen LogP contribution in [0.3, 0.4) is 0 Å². The third-order valence-corrected chi connectivity index (χ3v) is 4.04. The largest absolute Gasteiger partial charge is 0.381 e. The summed E-state index contributed by atoms with van der Waals surface area (Å²) in [5.41, 5.74) is 1.49. The van der Waals surface area contributed by atoms with Crippen LogP contribution in [0.15, 0.2) is 30.6 Å². The highest BCUT2D eigenvalue weighted by atomic mass is 16.5. The second-order valence-electron chi connectivity index (χ2n) is 6.14. The lowest BCUT2D eigenvalue weighted by Crippen LogP contribution is -2.30. The van der Waals surface area contributed by atoms with Crippen LogP contribution in [-0.2, 0) is 4.74 Å². The highest BCUT2D eigenvalue weighted by Gasteiger charge is 2.22. The van der Waals surface area contributed by atoms with Gasteiger partial charge < -0.3 is 10.1 Å². The van der Waals surface area contributed by atoms with Crippen LogP contribution in [-0.4, -0.2) is 40.4 Å². The summed E-state index contributed by atoms with van der Waals surface area (Å²) < 4.78 is 7.09. The van der Waals surface area contributed by atoms with Crippen LogP contribution in [0.4, 0.5) is 0 Å². The molecule has 6 nitrogen and oxygen atoms in total. The quantitative estimate of drug-likeness (QED) is 0.918. The molecule has 1 atom stereocenters. The molecule has 23 heavy (non-hydrogen) atoms. The average Bonchev–Trinajstić information content (AvgIpc) is 3.22. The number of carbonyl (C=O) groups excluding carboxylic acids is 1. The summed E-state index contributed by atoms with van der Waals surface area (Å²) in [6.45, 7) is 6.27. The molecule has 1 unspecified atom stereocenters. The summed E-state index contributed by atoms with van der Waals surface area (Å²) in [7, 11) is 0. The van der Waals surface area contributed by atoms with Gasteiger partial charge in [-0.25, -0.2) is 9.67 Å². The molecule has 6 heteroatoms. The van der Waals surface area contributed by atoms with Crippen molar-refractivity contribution >= 4 is 5.91 Å². The third-order valence-electron chi connectivity index (χ3n) is 4.04. The monoisotopic (exact) mass is 314 g/mol. The van der Waals surface area contributed by atoms with E-state index in [4.69, 9.17) is 4.74 Å². The van der Waals surface area contributed by atoms with E-state index in [9.17, 15) is 4.79 Å². The summed E-state index contributed by atoms with van der Waals surface area (Å²) in [6.07, 6.45) is 4.36. The number of hydrogen-bond acceptors (Lipinski definition) is 4. The fourth-order valence-electron chi connectivity index (χ4n) is 2.83. The normalized spacial score (nSPS) is 17.6. The molecule has 0 aliphatic carbocycles. The van der Waals surface area contributed by atoms with Gasteiger partial charge >= 0.3 is 0 Å². The van der Waals surface area contributed by atoms with Crippen molar-refractivity contribution in [2.45, 2.75) is 26.2 Å². The van der Waals surface area contributed by atoms with Gasteiger partial charge in [-0.1, -0.05) is 19.9 Å². The first kappa shape index (κ1) is 15.7. The number of amides is 1. The van der Waals surface area contributed by atoms with E-state index in [2.05, 4.69) is 29.2 Å². The molecule has 3 heterocycles. The van der Waals surface area contributed by atoms with Crippen LogP contribution in [0, 0.1) is 5.92 Å². The Morgan fingerprint density at radius 3 is 3.00 bits per heavy atom. The first-order valence-electron chi connectivity index (χ1n) is 8.02. The number of hydrogen-bond donors (Lipinski definition) is 1. The highest BCUT2D eigenvalue weighted by molar-refractivity contribution is 5.95. The Bertz CT molecular complexity index is 660. The summed E-state index contributed by atoms with van der Waals surface area (Å²) >= 11 is 0. The predicted molar refractivity (Wildman–Crippen MR) is 86.7 cm³/mol. The molecule has 1 saturated heterocycles. The van der Waals surface area contributed by atoms with Gasteiger partial charge in [-0.05, 0) is 24.5 Å². The first-order valence-corrected chi connectivity index (χ1v) is 8.02. The van der Waals surface area contributed by atoms with Crippen molar-refractivity contribution in [3.63, 3.8) is 0 Å². The van der Waals surface area contributed by atoms with E-state index in [0.29, 0.717) is 18.0 Å². The maximum absolute atomic E-state index is 12.5. The van der Waals surface area contributed by atoms with Gasteiger partial charge in [-0.3, -0.25) is 4.79 Å². The summed E-state index contributed by atoms with van der Waals surface area (Å²) in [4.78, 5) is 16.9. The zero-order valence-corrected chi connectivity index (χ0v) is 13.5. The second kappa shape index (κ2) is 6.91. The van der Waals surface area contributed by atoms with Gasteiger partial charge in [-0.2, -0.15) is 5.10 Å². The Kier molecular flexibility index (Phi) is 4.71. The van der Waals surface area contributed by atoms with Crippen LogP contribution in [0.25, 0.3) is 5.82 Å². The molecule has 0 radical (unpaired) electrons. The van der Waals surface area contributed by atoms with Crippen LogP contribution >= 0.6 is 0 Å². The Hall–Kier alpha value is -2.21. The van der Waals surface area contributed by atoms with E-state index < -0.39 is 0 Å². The maximum Gasteiger partial charge on any atom is 0.254 e. The van der Waals surface area contributed by atoms with Crippen molar-refractivity contribution in [1.82, 2.24) is 20.1 Å². The number of pyridine rings is 1. The van der Waals surface area contributed by atoms with Crippen molar-refractivity contribution in [1.29, 1.82) is 0 Å². The Labute approximate surface area is 135 Å². The topological polar surface area (TPSA) is 69.0 Å². The minimum atomic E-state index is -0.0808. The fraction of sp³-hybridized carbons (Fsp3) is 0.471. The molecular formula is C17H22N4O2. The van der Waals surface area contributed by atoms with Crippen LogP contribution < -0.4 is 5.32 Å². The van der Waals surface area contributed by atoms with Crippen molar-refractivity contribution < 1.29 is 9.53 Å². The molecule has 1 fully saturated rings. The van der Waals surface area contributed by atoms with Gasteiger partial charge in [0, 0.05) is 25.3 Å². The Morgan fingerprint density at radius 1 is 1.48 bits per heavy atom. The van der Waals surface area contributed by atoms with Crippen LogP contribution in [0.2, 0.25) is 0 Å². The maximum atomic E-state index is 12.5. The molecular weight excluding hydrogens is 292 g/mol. The predicted octanol–water partition coefficient (Wildman–Crippen LogP) is 2.16. The van der Waals surface area contributed by atoms with E-state index in [1.54, 1.807) is 17.1 Å². The highest BCUT2D eigenvalue weighted by Crippen LogP contribution is 2.22. The molecule has 2 aromatic rings. The van der Waals surface area contributed by atoms with E-state index in [0.717, 1.165) is 31.1 Å². The van der Waals surface area contributed by atoms with E-state index in [-0.39, 0.29) is 11.8 Å². The number of aromatic nitrogens is 3. The zero-order chi connectivity index (χ0) is 16.2. The molecule has 0 aromatic carbocycles. The van der Waals surface area contributed by atoms with Gasteiger partial charge in [0.2, 0.25) is 0 Å². The number of nitrogens with one attached hydrogen (secondary N) is 1. The summed E-state index contributed by atoms with van der Waals surface area (Å²) in [6, 6.07) is 5.66. The molecule has 1 amide bonds. The van der Waals surface area contributed by atoms with Gasteiger partial charge in [0.1, 0.15) is 0 Å². The molecule has 2 aromatic heterocycles. The summed E-state index contributed by atoms with van der Waals surface area (Å²) in [5.74, 6) is 1.21. The number of ether oxygens (including phenoxy) is 1. The molecule has 0 saturated carbocycles. The molecule has 0 spiro atoms. The molecule has 3 rings (SSSR count). The number of carbonyl (C=O) groups is 1. The smallest absolute Gasteiger partial charge is 0.254 e. The molecule has 122 valence electrons. The van der Waals surface area contributed by atoms with Crippen LogP contribution in [0.1, 0.15) is 42.2 Å². The number of nitrogens with zero attached hydrogens (tertiary/aromatic N) is 3. The van der Waals surface area contributed by atoms with Crippen LogP contribution in [0.5, 0.6) is 0 Å². The third kappa shape index (κ3) is 3.42. The minimum absolute atomic E-state index is 0.0808. The Morgan fingerprint density at radius 2 is 2.35 bits per heavy atom. The summed E-state index contributed by atoms with van der Waals surface area (Å²) in [5, 5.41) is 7.39. The minimum Gasteiger partial charge on any atom is -0.381 e. The molecule has 1 aliphatic rings. The van der Waals surface area contributed by atoms with Gasteiger partial charge in [0.15, 0.2) is 5.82 Å². The van der Waals surface area contributed by atoms with Gasteiger partial charge in [0.05, 0.1) is 24.1 Å². The van der Waals surface area contributed by atoms with Crippen molar-refractivity contribution in [2.75, 3.05) is 19.8 Å². The fourth-order valence-corrected chi connectivity index (χ4v) is 2.83. The van der Waals surface area contributed by atoms with E-state index in [1.165, 1.54) is 0 Å². The van der Waals surface area contributed by atoms with Crippen molar-refractivity contribution in [3.8, 4) is 5.82 Å². The average molecular weight is 314 g/mol. The standard InChI is InChI=1S/C17H22N4O2/c1-12(2)16-14(17(22)19-9-13-6-8-23-11-13)10-20-21(16)15-5-3-4-7-18-15/h3-5,7,10,12-13H,6,8-9,11H2,1-2H3,(H,19,22). The first-order chi connectivity index (χ1) is 11.2. The number of rotatable bonds is 5.